The lowest BCUT2D eigenvalue weighted by Crippen LogP contribution is -2.38. The van der Waals surface area contributed by atoms with Gasteiger partial charge in [0.2, 0.25) is 5.91 Å². The van der Waals surface area contributed by atoms with Crippen molar-refractivity contribution in [3.05, 3.63) is 46.4 Å². The van der Waals surface area contributed by atoms with E-state index in [1.165, 1.54) is 6.07 Å². The highest BCUT2D eigenvalue weighted by molar-refractivity contribution is 5.90. The molecule has 27 heavy (non-hydrogen) atoms. The van der Waals surface area contributed by atoms with Crippen molar-refractivity contribution < 1.29 is 14.3 Å². The molecule has 3 heterocycles. The van der Waals surface area contributed by atoms with Gasteiger partial charge >= 0.3 is 0 Å². The first-order chi connectivity index (χ1) is 13.1. The summed E-state index contributed by atoms with van der Waals surface area (Å²) in [6, 6.07) is 7.08. The molecular formula is C19H22N4O4. The summed E-state index contributed by atoms with van der Waals surface area (Å²) in [4.78, 5) is 26.7. The van der Waals surface area contributed by atoms with Gasteiger partial charge in [-0.05, 0) is 30.7 Å². The quantitative estimate of drug-likeness (QED) is 0.866. The van der Waals surface area contributed by atoms with Gasteiger partial charge in [-0.25, -0.2) is 4.68 Å². The zero-order chi connectivity index (χ0) is 18.8. The minimum atomic E-state index is -0.301. The number of carbonyl (C=O) groups is 1. The molecule has 0 spiro atoms. The van der Waals surface area contributed by atoms with Crippen LogP contribution in [0, 0.1) is 0 Å². The van der Waals surface area contributed by atoms with Crippen LogP contribution in [-0.4, -0.2) is 48.1 Å². The number of morpholine rings is 1. The Morgan fingerprint density at radius 2 is 2.11 bits per heavy atom. The Labute approximate surface area is 156 Å². The standard InChI is InChI=1S/C19H22N4O4/c1-13-8-14-9-15(2-3-17(14)27-13)21-18(24)12-23-19(25)10-16(11-20-23)22-4-6-26-7-5-22/h2-3,9-11,13H,4-8,12H2,1H3,(H,21,24). The normalized spacial score (nSPS) is 18.7. The van der Waals surface area contributed by atoms with E-state index in [2.05, 4.69) is 15.3 Å². The van der Waals surface area contributed by atoms with Crippen molar-refractivity contribution in [3.63, 3.8) is 0 Å². The Bertz CT molecular complexity index is 905. The first-order valence-electron chi connectivity index (χ1n) is 9.08. The molecule has 1 aromatic heterocycles. The van der Waals surface area contributed by atoms with Crippen molar-refractivity contribution in [1.29, 1.82) is 0 Å². The van der Waals surface area contributed by atoms with Crippen LogP contribution in [0.1, 0.15) is 12.5 Å². The number of aromatic nitrogens is 2. The fourth-order valence-corrected chi connectivity index (χ4v) is 3.37. The van der Waals surface area contributed by atoms with Gasteiger partial charge in [-0.15, -0.1) is 0 Å². The van der Waals surface area contributed by atoms with E-state index in [1.807, 2.05) is 19.1 Å². The molecule has 2 aliphatic heterocycles. The number of ether oxygens (including phenoxy) is 2. The number of anilines is 2. The van der Waals surface area contributed by atoms with Gasteiger partial charge in [0.15, 0.2) is 0 Å². The monoisotopic (exact) mass is 370 g/mol. The molecule has 1 saturated heterocycles. The van der Waals surface area contributed by atoms with E-state index in [0.29, 0.717) is 18.9 Å². The second-order valence-corrected chi connectivity index (χ2v) is 6.81. The summed E-state index contributed by atoms with van der Waals surface area (Å²) in [6.07, 6.45) is 2.59. The third-order valence-corrected chi connectivity index (χ3v) is 4.70. The van der Waals surface area contributed by atoms with Gasteiger partial charge in [-0.3, -0.25) is 9.59 Å². The lowest BCUT2D eigenvalue weighted by Gasteiger charge is -2.28. The van der Waals surface area contributed by atoms with Crippen LogP contribution in [0.2, 0.25) is 0 Å². The van der Waals surface area contributed by atoms with Gasteiger partial charge < -0.3 is 19.7 Å². The Balaban J connectivity index is 1.41. The number of carbonyl (C=O) groups excluding carboxylic acids is 1. The predicted molar refractivity (Wildman–Crippen MR) is 100 cm³/mol. The molecule has 8 nitrogen and oxygen atoms in total. The molecule has 2 aliphatic rings. The van der Waals surface area contributed by atoms with E-state index in [1.54, 1.807) is 12.3 Å². The van der Waals surface area contributed by atoms with Crippen LogP contribution in [0.25, 0.3) is 0 Å². The molecule has 8 heteroatoms. The van der Waals surface area contributed by atoms with E-state index in [0.717, 1.165) is 41.2 Å². The van der Waals surface area contributed by atoms with Gasteiger partial charge in [-0.2, -0.15) is 5.10 Å². The molecule has 1 unspecified atom stereocenters. The minimum Gasteiger partial charge on any atom is -0.490 e. The van der Waals surface area contributed by atoms with Gasteiger partial charge in [0.05, 0.1) is 25.1 Å². The Morgan fingerprint density at radius 3 is 2.89 bits per heavy atom. The molecule has 0 saturated carbocycles. The summed E-state index contributed by atoms with van der Waals surface area (Å²) < 4.78 is 12.1. The van der Waals surface area contributed by atoms with Crippen LogP contribution < -0.4 is 20.5 Å². The lowest BCUT2D eigenvalue weighted by molar-refractivity contribution is -0.117. The molecule has 1 atom stereocenters. The largest absolute Gasteiger partial charge is 0.490 e. The summed E-state index contributed by atoms with van der Waals surface area (Å²) in [6.45, 7) is 4.61. The van der Waals surface area contributed by atoms with Crippen LogP contribution in [0.4, 0.5) is 11.4 Å². The maximum atomic E-state index is 12.3. The average molecular weight is 370 g/mol. The van der Waals surface area contributed by atoms with Gasteiger partial charge in [-0.1, -0.05) is 0 Å². The Morgan fingerprint density at radius 1 is 1.30 bits per heavy atom. The number of benzene rings is 1. The molecule has 142 valence electrons. The minimum absolute atomic E-state index is 0.133. The average Bonchev–Trinajstić information content (AvgIpc) is 3.03. The Kier molecular flexibility index (Phi) is 4.81. The number of amides is 1. The van der Waals surface area contributed by atoms with E-state index in [9.17, 15) is 9.59 Å². The van der Waals surface area contributed by atoms with Crippen LogP contribution >= 0.6 is 0 Å². The summed E-state index contributed by atoms with van der Waals surface area (Å²) >= 11 is 0. The van der Waals surface area contributed by atoms with Gasteiger partial charge in [0.25, 0.3) is 5.56 Å². The molecule has 4 rings (SSSR count). The summed E-state index contributed by atoms with van der Waals surface area (Å²) in [5.74, 6) is 0.563. The molecule has 1 N–H and O–H groups in total. The molecule has 0 bridgehead atoms. The SMILES string of the molecule is CC1Cc2cc(NC(=O)Cn3ncc(N4CCOCC4)cc3=O)ccc2O1. The van der Waals surface area contributed by atoms with Crippen molar-refractivity contribution in [2.45, 2.75) is 26.0 Å². The van der Waals surface area contributed by atoms with E-state index in [-0.39, 0.29) is 24.1 Å². The van der Waals surface area contributed by atoms with Crippen molar-refractivity contribution in [2.75, 3.05) is 36.5 Å². The zero-order valence-electron chi connectivity index (χ0n) is 15.2. The predicted octanol–water partition coefficient (Wildman–Crippen LogP) is 1.04. The molecule has 0 radical (unpaired) electrons. The fourth-order valence-electron chi connectivity index (χ4n) is 3.37. The number of rotatable bonds is 4. The van der Waals surface area contributed by atoms with Gasteiger partial charge in [0, 0.05) is 31.3 Å². The third-order valence-electron chi connectivity index (χ3n) is 4.70. The van der Waals surface area contributed by atoms with Gasteiger partial charge in [0.1, 0.15) is 18.4 Å². The second-order valence-electron chi connectivity index (χ2n) is 6.81. The van der Waals surface area contributed by atoms with E-state index in [4.69, 9.17) is 9.47 Å². The number of nitrogens with zero attached hydrogens (tertiary/aromatic N) is 3. The van der Waals surface area contributed by atoms with E-state index < -0.39 is 0 Å². The first-order valence-corrected chi connectivity index (χ1v) is 9.08. The van der Waals surface area contributed by atoms with Crippen molar-refractivity contribution in [1.82, 2.24) is 9.78 Å². The highest BCUT2D eigenvalue weighted by Gasteiger charge is 2.19. The second kappa shape index (κ2) is 7.40. The number of fused-ring (bicyclic) bond motifs is 1. The molecule has 1 aromatic carbocycles. The highest BCUT2D eigenvalue weighted by atomic mass is 16.5. The zero-order valence-corrected chi connectivity index (χ0v) is 15.2. The van der Waals surface area contributed by atoms with Crippen molar-refractivity contribution >= 4 is 17.3 Å². The molecular weight excluding hydrogens is 348 g/mol. The van der Waals surface area contributed by atoms with Crippen molar-refractivity contribution in [3.8, 4) is 5.75 Å². The third kappa shape index (κ3) is 3.95. The molecule has 2 aromatic rings. The fraction of sp³-hybridized carbons (Fsp3) is 0.421. The smallest absolute Gasteiger partial charge is 0.269 e. The first kappa shape index (κ1) is 17.5. The molecule has 1 amide bonds. The van der Waals surface area contributed by atoms with Crippen LogP contribution in [0.15, 0.2) is 35.3 Å². The number of nitrogens with one attached hydrogen (secondary N) is 1. The van der Waals surface area contributed by atoms with E-state index >= 15 is 0 Å². The maximum Gasteiger partial charge on any atom is 0.269 e. The van der Waals surface area contributed by atoms with Crippen LogP contribution in [0.5, 0.6) is 5.75 Å². The number of hydrogen-bond acceptors (Lipinski definition) is 6. The summed E-state index contributed by atoms with van der Waals surface area (Å²) in [5.41, 5.74) is 2.22. The topological polar surface area (TPSA) is 85.7 Å². The Hall–Kier alpha value is -2.87. The maximum absolute atomic E-state index is 12.3. The molecule has 1 fully saturated rings. The lowest BCUT2D eigenvalue weighted by atomic mass is 10.1. The van der Waals surface area contributed by atoms with Crippen LogP contribution in [-0.2, 0) is 22.5 Å². The number of hydrogen-bond donors (Lipinski definition) is 1. The highest BCUT2D eigenvalue weighted by Crippen LogP contribution is 2.30. The van der Waals surface area contributed by atoms with Crippen LogP contribution in [0.3, 0.4) is 0 Å². The summed E-state index contributed by atoms with van der Waals surface area (Å²) in [7, 11) is 0. The summed E-state index contributed by atoms with van der Waals surface area (Å²) in [5, 5.41) is 6.96. The van der Waals surface area contributed by atoms with Crippen molar-refractivity contribution in [2.24, 2.45) is 0 Å². The molecule has 0 aliphatic carbocycles.